The van der Waals surface area contributed by atoms with E-state index in [2.05, 4.69) is 69.0 Å². The summed E-state index contributed by atoms with van der Waals surface area (Å²) in [5.41, 5.74) is 6.25. The summed E-state index contributed by atoms with van der Waals surface area (Å²) >= 11 is 0. The van der Waals surface area contributed by atoms with Gasteiger partial charge in [0.15, 0.2) is 0 Å². The van der Waals surface area contributed by atoms with Crippen LogP contribution in [0, 0.1) is 6.92 Å². The van der Waals surface area contributed by atoms with Crippen molar-refractivity contribution in [1.29, 1.82) is 0 Å². The molecule has 0 heteroatoms. The van der Waals surface area contributed by atoms with Crippen LogP contribution in [0.4, 0.5) is 0 Å². The van der Waals surface area contributed by atoms with Gasteiger partial charge in [0.05, 0.1) is 0 Å². The molecule has 0 radical (unpaired) electrons. The van der Waals surface area contributed by atoms with E-state index in [1.807, 2.05) is 12.1 Å². The summed E-state index contributed by atoms with van der Waals surface area (Å²) in [4.78, 5) is 0. The first-order valence-corrected chi connectivity index (χ1v) is 6.17. The van der Waals surface area contributed by atoms with Crippen molar-refractivity contribution in [3.63, 3.8) is 0 Å². The second kappa shape index (κ2) is 5.50. The Labute approximate surface area is 109 Å². The Morgan fingerprint density at radius 2 is 1.78 bits per heavy atom. The molecule has 2 rings (SSSR count). The van der Waals surface area contributed by atoms with Crippen molar-refractivity contribution in [2.24, 2.45) is 0 Å². The maximum atomic E-state index is 3.82. The van der Waals surface area contributed by atoms with Crippen molar-refractivity contribution < 1.29 is 0 Å². The number of rotatable bonds is 3. The van der Waals surface area contributed by atoms with Gasteiger partial charge in [0, 0.05) is 0 Å². The van der Waals surface area contributed by atoms with Crippen molar-refractivity contribution in [3.8, 4) is 0 Å². The molecule has 90 valence electrons. The smallest absolute Gasteiger partial charge is 0.0219 e. The van der Waals surface area contributed by atoms with Crippen LogP contribution in [0.25, 0.3) is 17.7 Å². The molecule has 0 aliphatic rings. The molecule has 0 aromatic heterocycles. The minimum Gasteiger partial charge on any atom is -0.0985 e. The Balaban J connectivity index is 2.41. The highest BCUT2D eigenvalue weighted by Crippen LogP contribution is 2.20. The number of hydrogen-bond donors (Lipinski definition) is 0. The fourth-order valence-electron chi connectivity index (χ4n) is 1.96. The van der Waals surface area contributed by atoms with Gasteiger partial charge in [-0.3, -0.25) is 0 Å². The van der Waals surface area contributed by atoms with E-state index in [0.29, 0.717) is 0 Å². The largest absolute Gasteiger partial charge is 0.0985 e. The quantitative estimate of drug-likeness (QED) is 0.640. The van der Waals surface area contributed by atoms with Gasteiger partial charge >= 0.3 is 0 Å². The lowest BCUT2D eigenvalue weighted by Gasteiger charge is -2.05. The lowest BCUT2D eigenvalue weighted by molar-refractivity contribution is 1.43. The first-order valence-electron chi connectivity index (χ1n) is 6.17. The van der Waals surface area contributed by atoms with Crippen molar-refractivity contribution in [3.05, 3.63) is 77.4 Å². The molecule has 0 bridgehead atoms. The van der Waals surface area contributed by atoms with Gasteiger partial charge in [-0.2, -0.15) is 0 Å². The van der Waals surface area contributed by atoms with Gasteiger partial charge in [-0.25, -0.2) is 0 Å². The summed E-state index contributed by atoms with van der Waals surface area (Å²) in [5.74, 6) is 0. The summed E-state index contributed by atoms with van der Waals surface area (Å²) in [7, 11) is 0. The molecule has 0 aliphatic carbocycles. The van der Waals surface area contributed by atoms with Gasteiger partial charge in [0.25, 0.3) is 0 Å². The summed E-state index contributed by atoms with van der Waals surface area (Å²) in [6.45, 7) is 8.10. The van der Waals surface area contributed by atoms with Crippen LogP contribution in [-0.2, 0) is 0 Å². The van der Waals surface area contributed by atoms with Gasteiger partial charge in [0.1, 0.15) is 0 Å². The van der Waals surface area contributed by atoms with Gasteiger partial charge < -0.3 is 0 Å². The lowest BCUT2D eigenvalue weighted by Crippen LogP contribution is -1.84. The Morgan fingerprint density at radius 1 is 1.06 bits per heavy atom. The monoisotopic (exact) mass is 234 g/mol. The van der Waals surface area contributed by atoms with Crippen LogP contribution in [0.2, 0.25) is 0 Å². The maximum absolute atomic E-state index is 3.82. The number of allylic oxidation sites excluding steroid dienone is 1. The molecule has 2 aromatic rings. The summed E-state index contributed by atoms with van der Waals surface area (Å²) in [5, 5.41) is 0. The minimum atomic E-state index is 1.16. The maximum Gasteiger partial charge on any atom is -0.0219 e. The van der Waals surface area contributed by atoms with E-state index >= 15 is 0 Å². The molecule has 0 N–H and O–H groups in total. The van der Waals surface area contributed by atoms with E-state index < -0.39 is 0 Å². The molecule has 0 amide bonds. The van der Waals surface area contributed by atoms with Gasteiger partial charge in [-0.1, -0.05) is 61.2 Å². The zero-order chi connectivity index (χ0) is 13.0. The van der Waals surface area contributed by atoms with Crippen molar-refractivity contribution >= 4 is 17.7 Å². The van der Waals surface area contributed by atoms with Gasteiger partial charge in [-0.15, -0.1) is 0 Å². The van der Waals surface area contributed by atoms with Gasteiger partial charge in [0.2, 0.25) is 0 Å². The van der Waals surface area contributed by atoms with Crippen LogP contribution in [0.15, 0.2) is 55.1 Å². The van der Waals surface area contributed by atoms with E-state index in [1.165, 1.54) is 22.3 Å². The standard InChI is InChI=1S/C18H18/c1-4-16-11-10-14(2)18(13-16)12-15(3)17-8-6-5-7-9-17/h4-13H,1H2,2-3H3. The zero-order valence-corrected chi connectivity index (χ0v) is 11.0. The van der Waals surface area contributed by atoms with Crippen molar-refractivity contribution in [2.45, 2.75) is 13.8 Å². The molecule has 0 nitrogen and oxygen atoms in total. The fraction of sp³-hybridized carbons (Fsp3) is 0.111. The highest BCUT2D eigenvalue weighted by molar-refractivity contribution is 5.81. The van der Waals surface area contributed by atoms with Crippen LogP contribution in [0.1, 0.15) is 29.2 Å². The Hall–Kier alpha value is -2.08. The SMILES string of the molecule is C=Cc1ccc(C)c(C=C(C)c2ccccc2)c1. The Bertz CT molecular complexity index is 574. The van der Waals surface area contributed by atoms with Crippen molar-refractivity contribution in [2.75, 3.05) is 0 Å². The predicted molar refractivity (Wildman–Crippen MR) is 81.3 cm³/mol. The second-order valence-corrected chi connectivity index (χ2v) is 4.51. The molecule has 2 aromatic carbocycles. The van der Waals surface area contributed by atoms with Crippen LogP contribution in [-0.4, -0.2) is 0 Å². The van der Waals surface area contributed by atoms with E-state index in [1.54, 1.807) is 0 Å². The summed E-state index contributed by atoms with van der Waals surface area (Å²) in [6, 6.07) is 16.9. The van der Waals surface area contributed by atoms with E-state index in [0.717, 1.165) is 5.56 Å². The highest BCUT2D eigenvalue weighted by Gasteiger charge is 1.99. The van der Waals surface area contributed by atoms with Crippen LogP contribution in [0.5, 0.6) is 0 Å². The molecule has 18 heavy (non-hydrogen) atoms. The molecule has 0 saturated carbocycles. The molecule has 0 atom stereocenters. The molecular weight excluding hydrogens is 216 g/mol. The predicted octanol–water partition coefficient (Wildman–Crippen LogP) is 5.20. The third-order valence-corrected chi connectivity index (χ3v) is 3.14. The highest BCUT2D eigenvalue weighted by atomic mass is 14.0. The third-order valence-electron chi connectivity index (χ3n) is 3.14. The molecule has 0 heterocycles. The summed E-state index contributed by atoms with van der Waals surface area (Å²) in [6.07, 6.45) is 4.12. The van der Waals surface area contributed by atoms with E-state index in [4.69, 9.17) is 0 Å². The zero-order valence-electron chi connectivity index (χ0n) is 11.0. The first kappa shape index (κ1) is 12.4. The molecule has 0 spiro atoms. The number of benzene rings is 2. The first-order chi connectivity index (χ1) is 8.70. The Kier molecular flexibility index (Phi) is 3.78. The number of aryl methyl sites for hydroxylation is 1. The normalized spacial score (nSPS) is 11.3. The van der Waals surface area contributed by atoms with Crippen molar-refractivity contribution in [1.82, 2.24) is 0 Å². The number of hydrogen-bond acceptors (Lipinski definition) is 0. The molecule has 0 fully saturated rings. The molecule has 0 aliphatic heterocycles. The fourth-order valence-corrected chi connectivity index (χ4v) is 1.96. The average molecular weight is 234 g/mol. The minimum absolute atomic E-state index is 1.16. The molecule has 0 unspecified atom stereocenters. The van der Waals surface area contributed by atoms with E-state index in [9.17, 15) is 0 Å². The molecular formula is C18H18. The third kappa shape index (κ3) is 2.78. The summed E-state index contributed by atoms with van der Waals surface area (Å²) < 4.78 is 0. The van der Waals surface area contributed by atoms with Crippen LogP contribution < -0.4 is 0 Å². The lowest BCUT2D eigenvalue weighted by atomic mass is 10.00. The van der Waals surface area contributed by atoms with Crippen LogP contribution in [0.3, 0.4) is 0 Å². The second-order valence-electron chi connectivity index (χ2n) is 4.51. The molecule has 0 saturated heterocycles. The topological polar surface area (TPSA) is 0 Å². The van der Waals surface area contributed by atoms with Crippen LogP contribution >= 0.6 is 0 Å². The van der Waals surface area contributed by atoms with Gasteiger partial charge in [-0.05, 0) is 47.7 Å². The average Bonchev–Trinajstić information content (AvgIpc) is 2.42. The Morgan fingerprint density at radius 3 is 2.44 bits per heavy atom. The van der Waals surface area contributed by atoms with E-state index in [-0.39, 0.29) is 0 Å².